The molecule has 21 heavy (non-hydrogen) atoms. The molecular formula is C14H22N4O3. The Labute approximate surface area is 123 Å². The molecule has 1 saturated heterocycles. The maximum atomic E-state index is 12.3. The van der Waals surface area contributed by atoms with Gasteiger partial charge in [-0.05, 0) is 32.9 Å². The molecule has 0 saturated carbocycles. The highest BCUT2D eigenvalue weighted by atomic mass is 16.4. The molecule has 0 radical (unpaired) electrons. The van der Waals surface area contributed by atoms with Gasteiger partial charge in [0, 0.05) is 19.6 Å². The molecule has 7 heteroatoms. The average Bonchev–Trinajstić information content (AvgIpc) is 2.81. The second kappa shape index (κ2) is 6.71. The van der Waals surface area contributed by atoms with Gasteiger partial charge in [0.05, 0.1) is 6.20 Å². The molecule has 1 atom stereocenters. The van der Waals surface area contributed by atoms with Crippen LogP contribution in [0.1, 0.15) is 47.0 Å². The predicted octanol–water partition coefficient (Wildman–Crippen LogP) is 0.723. The van der Waals surface area contributed by atoms with Crippen LogP contribution in [0.3, 0.4) is 0 Å². The molecule has 2 heterocycles. The van der Waals surface area contributed by atoms with Gasteiger partial charge in [-0.15, -0.1) is 0 Å². The summed E-state index contributed by atoms with van der Waals surface area (Å²) in [5, 5.41) is 15.8. The number of amides is 1. The molecule has 1 aromatic rings. The van der Waals surface area contributed by atoms with Gasteiger partial charge in [0.1, 0.15) is 11.3 Å². The molecule has 1 fully saturated rings. The monoisotopic (exact) mass is 294 g/mol. The number of aromatic nitrogens is 2. The number of rotatable bonds is 5. The van der Waals surface area contributed by atoms with Crippen molar-refractivity contribution in [2.45, 2.75) is 32.2 Å². The fourth-order valence-corrected chi connectivity index (χ4v) is 2.73. The van der Waals surface area contributed by atoms with Gasteiger partial charge in [0.15, 0.2) is 0 Å². The summed E-state index contributed by atoms with van der Waals surface area (Å²) in [5.74, 6) is -1.53. The van der Waals surface area contributed by atoms with Crippen LogP contribution in [0, 0.1) is 0 Å². The van der Waals surface area contributed by atoms with Gasteiger partial charge in [0.2, 0.25) is 0 Å². The van der Waals surface area contributed by atoms with E-state index in [-0.39, 0.29) is 17.3 Å². The summed E-state index contributed by atoms with van der Waals surface area (Å²) >= 11 is 0. The Balaban J connectivity index is 1.97. The first kappa shape index (κ1) is 15.5. The third-order valence-electron chi connectivity index (χ3n) is 3.74. The van der Waals surface area contributed by atoms with Gasteiger partial charge >= 0.3 is 5.97 Å². The zero-order chi connectivity index (χ0) is 15.4. The third kappa shape index (κ3) is 3.81. The molecule has 0 spiro atoms. The van der Waals surface area contributed by atoms with E-state index in [0.29, 0.717) is 0 Å². The molecule has 1 amide bonds. The first-order valence-electron chi connectivity index (χ1n) is 7.27. The van der Waals surface area contributed by atoms with Crippen LogP contribution in [0.15, 0.2) is 6.20 Å². The van der Waals surface area contributed by atoms with Crippen molar-refractivity contribution in [3.05, 3.63) is 17.5 Å². The minimum atomic E-state index is -1.14. The lowest BCUT2D eigenvalue weighted by Crippen LogP contribution is -2.44. The van der Waals surface area contributed by atoms with Crippen LogP contribution in [0.5, 0.6) is 0 Å². The smallest absolute Gasteiger partial charge is 0.339 e. The van der Waals surface area contributed by atoms with Crippen molar-refractivity contribution in [1.29, 1.82) is 0 Å². The fourth-order valence-electron chi connectivity index (χ4n) is 2.73. The van der Waals surface area contributed by atoms with E-state index in [0.717, 1.165) is 19.6 Å². The van der Waals surface area contributed by atoms with E-state index in [1.54, 1.807) is 7.05 Å². The number of carboxylic acid groups (broad SMARTS) is 1. The highest BCUT2D eigenvalue weighted by Gasteiger charge is 2.23. The normalized spacial score (nSPS) is 17.4. The topological polar surface area (TPSA) is 87.5 Å². The maximum Gasteiger partial charge on any atom is 0.339 e. The lowest BCUT2D eigenvalue weighted by atomic mass is 10.1. The van der Waals surface area contributed by atoms with Gasteiger partial charge in [-0.1, -0.05) is 6.42 Å². The van der Waals surface area contributed by atoms with Crippen LogP contribution in [-0.2, 0) is 7.05 Å². The fraction of sp³-hybridized carbons (Fsp3) is 0.643. The molecule has 116 valence electrons. The number of nitrogens with one attached hydrogen (secondary N) is 1. The second-order valence-corrected chi connectivity index (χ2v) is 5.57. The summed E-state index contributed by atoms with van der Waals surface area (Å²) in [6.45, 7) is 4.84. The number of carbonyl (C=O) groups is 2. The van der Waals surface area contributed by atoms with E-state index in [9.17, 15) is 9.59 Å². The van der Waals surface area contributed by atoms with Crippen LogP contribution < -0.4 is 5.32 Å². The highest BCUT2D eigenvalue weighted by Crippen LogP contribution is 2.10. The van der Waals surface area contributed by atoms with E-state index < -0.39 is 11.9 Å². The van der Waals surface area contributed by atoms with Gasteiger partial charge in [-0.25, -0.2) is 4.79 Å². The van der Waals surface area contributed by atoms with Crippen molar-refractivity contribution < 1.29 is 14.7 Å². The Morgan fingerprint density at radius 1 is 1.38 bits per heavy atom. The van der Waals surface area contributed by atoms with E-state index in [2.05, 4.69) is 15.3 Å². The number of hydrogen-bond acceptors (Lipinski definition) is 4. The Bertz CT molecular complexity index is 520. The second-order valence-electron chi connectivity index (χ2n) is 5.57. The van der Waals surface area contributed by atoms with E-state index in [1.807, 2.05) is 6.92 Å². The number of aromatic carboxylic acids is 1. The molecular weight excluding hydrogens is 272 g/mol. The summed E-state index contributed by atoms with van der Waals surface area (Å²) in [6, 6.07) is -0.0351. The molecule has 0 aromatic carbocycles. The maximum absolute atomic E-state index is 12.3. The molecule has 2 N–H and O–H groups in total. The highest BCUT2D eigenvalue weighted by molar-refractivity contribution is 6.03. The van der Waals surface area contributed by atoms with E-state index in [1.165, 1.54) is 30.1 Å². The number of piperidine rings is 1. The third-order valence-corrected chi connectivity index (χ3v) is 3.74. The minimum absolute atomic E-state index is 0.0351. The zero-order valence-corrected chi connectivity index (χ0v) is 12.5. The van der Waals surface area contributed by atoms with Gasteiger partial charge in [0.25, 0.3) is 5.91 Å². The van der Waals surface area contributed by atoms with Crippen LogP contribution >= 0.6 is 0 Å². The van der Waals surface area contributed by atoms with Crippen molar-refractivity contribution in [2.75, 3.05) is 19.6 Å². The summed E-state index contributed by atoms with van der Waals surface area (Å²) in [4.78, 5) is 25.7. The summed E-state index contributed by atoms with van der Waals surface area (Å²) < 4.78 is 1.30. The molecule has 0 unspecified atom stereocenters. The molecule has 0 aliphatic carbocycles. The first-order chi connectivity index (χ1) is 9.99. The Morgan fingerprint density at radius 3 is 2.67 bits per heavy atom. The van der Waals surface area contributed by atoms with Crippen molar-refractivity contribution >= 4 is 11.9 Å². The Morgan fingerprint density at radius 2 is 2.05 bits per heavy atom. The summed E-state index contributed by atoms with van der Waals surface area (Å²) in [6.07, 6.45) is 4.87. The Kier molecular flexibility index (Phi) is 4.95. The van der Waals surface area contributed by atoms with Gasteiger partial charge < -0.3 is 15.3 Å². The summed E-state index contributed by atoms with van der Waals surface area (Å²) in [5.41, 5.74) is 0.0215. The number of likely N-dealkylation sites (tertiary alicyclic amines) is 1. The number of carboxylic acids is 1. The minimum Gasteiger partial charge on any atom is -0.478 e. The van der Waals surface area contributed by atoms with E-state index in [4.69, 9.17) is 5.11 Å². The lowest BCUT2D eigenvalue weighted by molar-refractivity contribution is 0.0689. The molecule has 1 aromatic heterocycles. The molecule has 2 rings (SSSR count). The molecule has 1 aliphatic heterocycles. The average molecular weight is 294 g/mol. The molecule has 0 bridgehead atoms. The Hall–Kier alpha value is -1.89. The first-order valence-corrected chi connectivity index (χ1v) is 7.27. The van der Waals surface area contributed by atoms with Crippen molar-refractivity contribution in [3.63, 3.8) is 0 Å². The van der Waals surface area contributed by atoms with E-state index >= 15 is 0 Å². The largest absolute Gasteiger partial charge is 0.478 e. The van der Waals surface area contributed by atoms with Crippen molar-refractivity contribution in [3.8, 4) is 0 Å². The SMILES string of the molecule is C[C@@H](CN1CCCCC1)NC(=O)c1c(C(=O)O)cnn1C. The summed E-state index contributed by atoms with van der Waals surface area (Å²) in [7, 11) is 1.57. The van der Waals surface area contributed by atoms with Gasteiger partial charge in [-0.2, -0.15) is 5.10 Å². The zero-order valence-electron chi connectivity index (χ0n) is 12.5. The molecule has 1 aliphatic rings. The predicted molar refractivity (Wildman–Crippen MR) is 77.4 cm³/mol. The molecule has 7 nitrogen and oxygen atoms in total. The lowest BCUT2D eigenvalue weighted by Gasteiger charge is -2.29. The van der Waals surface area contributed by atoms with Crippen LogP contribution in [0.25, 0.3) is 0 Å². The van der Waals surface area contributed by atoms with Crippen LogP contribution in [0.4, 0.5) is 0 Å². The number of carbonyl (C=O) groups excluding carboxylic acids is 1. The van der Waals surface area contributed by atoms with Crippen molar-refractivity contribution in [2.24, 2.45) is 7.05 Å². The number of hydrogen-bond donors (Lipinski definition) is 2. The number of aryl methyl sites for hydroxylation is 1. The van der Waals surface area contributed by atoms with Crippen LogP contribution in [-0.4, -0.2) is 57.3 Å². The van der Waals surface area contributed by atoms with Crippen LogP contribution in [0.2, 0.25) is 0 Å². The standard InChI is InChI=1S/C14H22N4O3/c1-10(9-18-6-4-3-5-7-18)16-13(19)12-11(14(20)21)8-15-17(12)2/h8,10H,3-7,9H2,1-2H3,(H,16,19)(H,20,21)/t10-/m0/s1. The van der Waals surface area contributed by atoms with Crippen molar-refractivity contribution in [1.82, 2.24) is 20.0 Å². The quantitative estimate of drug-likeness (QED) is 0.835. The number of nitrogens with zero attached hydrogens (tertiary/aromatic N) is 3. The van der Waals surface area contributed by atoms with Gasteiger partial charge in [-0.3, -0.25) is 9.48 Å².